The van der Waals surface area contributed by atoms with Crippen LogP contribution in [0.25, 0.3) is 0 Å². The van der Waals surface area contributed by atoms with Gasteiger partial charge in [0.25, 0.3) is 6.33 Å². The number of rotatable bonds is 3. The van der Waals surface area contributed by atoms with E-state index < -0.39 is 18.2 Å². The molecular weight excluding hydrogens is 286 g/mol. The summed E-state index contributed by atoms with van der Waals surface area (Å²) >= 11 is 0. The van der Waals surface area contributed by atoms with Crippen LogP contribution in [-0.2, 0) is 17.0 Å². The molecule has 1 atom stereocenters. The monoisotopic (exact) mass is 314 g/mol. The molecule has 1 aliphatic rings. The second-order valence-corrected chi connectivity index (χ2v) is 15.5. The minimum atomic E-state index is -2.41. The summed E-state index contributed by atoms with van der Waals surface area (Å²) in [5.41, 5.74) is 0. The maximum absolute atomic E-state index is 13.8. The van der Waals surface area contributed by atoms with E-state index in [1.807, 2.05) is 34.3 Å². The van der Waals surface area contributed by atoms with Crippen LogP contribution < -0.4 is 4.57 Å². The molecule has 4 nitrogen and oxygen atoms in total. The van der Waals surface area contributed by atoms with E-state index in [2.05, 4.69) is 40.8 Å². The molecule has 0 bridgehead atoms. The average molecular weight is 315 g/mol. The number of aromatic nitrogens is 2. The van der Waals surface area contributed by atoms with Crippen LogP contribution in [0.5, 0.6) is 0 Å². The molecule has 1 unspecified atom stereocenters. The van der Waals surface area contributed by atoms with Crippen molar-refractivity contribution in [2.24, 2.45) is 11.1 Å². The number of aryl methyl sites for hydroxylation is 1. The van der Waals surface area contributed by atoms with Crippen molar-refractivity contribution in [1.82, 2.24) is 3.97 Å². The zero-order chi connectivity index (χ0) is 15.4. The van der Waals surface area contributed by atoms with Crippen molar-refractivity contribution in [2.75, 3.05) is 0 Å². The molecule has 0 aliphatic heterocycles. The first-order valence-corrected chi connectivity index (χ1v) is 11.6. The van der Waals surface area contributed by atoms with Crippen LogP contribution in [0.3, 0.4) is 0 Å². The van der Waals surface area contributed by atoms with Crippen LogP contribution in [0.4, 0.5) is 0 Å². The van der Waals surface area contributed by atoms with Gasteiger partial charge in [0.1, 0.15) is 12.4 Å². The maximum atomic E-state index is 13.8. The predicted molar refractivity (Wildman–Crippen MR) is 86.4 cm³/mol. The molecule has 0 spiro atoms. The summed E-state index contributed by atoms with van der Waals surface area (Å²) in [7, 11) is -2.42. The van der Waals surface area contributed by atoms with Gasteiger partial charge in [0.2, 0.25) is 9.92 Å². The summed E-state index contributed by atoms with van der Waals surface area (Å²) in [6.07, 6.45) is 7.76. The fraction of sp³-hybridized carbons (Fsp3) is 0.786. The van der Waals surface area contributed by atoms with Crippen LogP contribution in [0.1, 0.15) is 40.5 Å². The minimum absolute atomic E-state index is 0.107. The molecule has 1 saturated carbocycles. The Morgan fingerprint density at radius 2 is 1.90 bits per heavy atom. The molecule has 1 aliphatic carbocycles. The fourth-order valence-electron chi connectivity index (χ4n) is 1.87. The van der Waals surface area contributed by atoms with Gasteiger partial charge in [-0.25, -0.2) is 12.8 Å². The molecule has 0 saturated heterocycles. The highest BCUT2D eigenvalue weighted by Gasteiger charge is 2.53. The molecule has 0 N–H and O–H groups in total. The number of hydrogen-bond donors (Lipinski definition) is 0. The Balaban J connectivity index is 2.64. The molecule has 1 heterocycles. The van der Waals surface area contributed by atoms with E-state index in [0.29, 0.717) is 0 Å². The highest BCUT2D eigenvalue weighted by atomic mass is 32.2. The van der Waals surface area contributed by atoms with Crippen molar-refractivity contribution < 1.29 is 8.78 Å². The summed E-state index contributed by atoms with van der Waals surface area (Å²) in [5, 5.41) is 0.107. The van der Waals surface area contributed by atoms with Gasteiger partial charge in [-0.05, 0) is 37.9 Å². The molecule has 1 fully saturated rings. The van der Waals surface area contributed by atoms with Gasteiger partial charge in [0, 0.05) is 0 Å². The van der Waals surface area contributed by atoms with E-state index in [9.17, 15) is 4.21 Å². The van der Waals surface area contributed by atoms with Gasteiger partial charge >= 0.3 is 0 Å². The van der Waals surface area contributed by atoms with E-state index in [-0.39, 0.29) is 9.79 Å². The molecule has 0 amide bonds. The smallest absolute Gasteiger partial charge is 0.243 e. The van der Waals surface area contributed by atoms with Crippen molar-refractivity contribution in [2.45, 2.75) is 63.4 Å². The summed E-state index contributed by atoms with van der Waals surface area (Å²) in [6.45, 7) is 13.2. The third kappa shape index (κ3) is 2.48. The van der Waals surface area contributed by atoms with Crippen molar-refractivity contribution in [3.8, 4) is 0 Å². The Morgan fingerprint density at radius 1 is 1.35 bits per heavy atom. The van der Waals surface area contributed by atoms with E-state index in [0.717, 1.165) is 12.8 Å². The Morgan fingerprint density at radius 3 is 2.25 bits per heavy atom. The first-order chi connectivity index (χ1) is 8.91. The molecule has 0 radical (unpaired) electrons. The Hall–Kier alpha value is -0.623. The van der Waals surface area contributed by atoms with Gasteiger partial charge in [-0.15, -0.1) is 3.97 Å². The molecule has 1 aromatic heterocycles. The quantitative estimate of drug-likeness (QED) is 0.624. The van der Waals surface area contributed by atoms with Gasteiger partial charge in [0.05, 0.1) is 11.8 Å². The third-order valence-electron chi connectivity index (χ3n) is 4.81. The van der Waals surface area contributed by atoms with E-state index in [1.165, 1.54) is 0 Å². The van der Waals surface area contributed by atoms with Crippen LogP contribution in [0.2, 0.25) is 18.1 Å². The Labute approximate surface area is 124 Å². The van der Waals surface area contributed by atoms with Crippen LogP contribution >= 0.6 is 0 Å². The van der Waals surface area contributed by atoms with Gasteiger partial charge in [0.15, 0.2) is 8.24 Å². The second-order valence-electron chi connectivity index (χ2n) is 7.79. The zero-order valence-corrected chi connectivity index (χ0v) is 15.6. The van der Waals surface area contributed by atoms with E-state index in [4.69, 9.17) is 4.03 Å². The topological polar surface area (TPSA) is 38.2 Å². The second kappa shape index (κ2) is 4.43. The van der Waals surface area contributed by atoms with Crippen LogP contribution in [0, 0.1) is 0 Å². The lowest BCUT2D eigenvalue weighted by Gasteiger charge is -2.33. The van der Waals surface area contributed by atoms with E-state index >= 15 is 0 Å². The lowest BCUT2D eigenvalue weighted by atomic mass is 10.2. The molecular formula is C14H28N3OSSi+. The Bertz CT molecular complexity index is 629. The van der Waals surface area contributed by atoms with Crippen molar-refractivity contribution in [3.05, 3.63) is 18.7 Å². The van der Waals surface area contributed by atoms with E-state index in [1.54, 1.807) is 0 Å². The number of nitrogens with zero attached hydrogens (tertiary/aromatic N) is 3. The molecule has 0 aromatic carbocycles. The lowest BCUT2D eigenvalue weighted by molar-refractivity contribution is -0.670. The fourth-order valence-corrected chi connectivity index (χ4v) is 8.34. The predicted octanol–water partition coefficient (Wildman–Crippen LogP) is 3.10. The zero-order valence-electron chi connectivity index (χ0n) is 13.8. The number of hydrogen-bond acceptors (Lipinski definition) is 2. The van der Waals surface area contributed by atoms with Gasteiger partial charge in [-0.1, -0.05) is 20.8 Å². The maximum Gasteiger partial charge on any atom is 0.257 e. The van der Waals surface area contributed by atoms with Gasteiger partial charge in [-0.3, -0.25) is 0 Å². The summed E-state index contributed by atoms with van der Waals surface area (Å²) in [5.74, 6) is 0. The highest BCUT2D eigenvalue weighted by Crippen LogP contribution is 2.47. The normalized spacial score (nSPS) is 21.4. The third-order valence-corrected chi connectivity index (χ3v) is 13.8. The summed E-state index contributed by atoms with van der Waals surface area (Å²) in [6, 6.07) is 0. The van der Waals surface area contributed by atoms with Crippen molar-refractivity contribution >= 4 is 18.2 Å². The molecule has 20 heavy (non-hydrogen) atoms. The van der Waals surface area contributed by atoms with Gasteiger partial charge < -0.3 is 0 Å². The first-order valence-electron chi connectivity index (χ1n) is 7.23. The first kappa shape index (κ1) is 15.8. The molecule has 2 rings (SSSR count). The number of imidazole rings is 1. The van der Waals surface area contributed by atoms with Crippen molar-refractivity contribution in [1.29, 1.82) is 0 Å². The largest absolute Gasteiger partial charge is 0.257 e. The van der Waals surface area contributed by atoms with Crippen LogP contribution in [0.15, 0.2) is 22.7 Å². The molecule has 6 heteroatoms. The average Bonchev–Trinajstić information content (AvgIpc) is 2.86. The lowest BCUT2D eigenvalue weighted by Crippen LogP contribution is -2.40. The standard InChI is InChI=1S/C14H28N3OSSi/c1-13(2,3)20(6,7)15-19(18,14(4)8-9-14)17-11-10-16(5)12-17/h10-12H,8-9H2,1-7H3/q+1. The van der Waals surface area contributed by atoms with Gasteiger partial charge in [-0.2, -0.15) is 0 Å². The molecule has 114 valence electrons. The summed E-state index contributed by atoms with van der Waals surface area (Å²) in [4.78, 5) is 0. The van der Waals surface area contributed by atoms with Crippen molar-refractivity contribution in [3.63, 3.8) is 0 Å². The molecule has 1 aromatic rings. The SMILES string of the molecule is C[n+]1ccn(S(=O)(=N[Si](C)(C)C(C)(C)C)C2(C)CC2)c1. The summed E-state index contributed by atoms with van der Waals surface area (Å²) < 4.78 is 22.5. The van der Waals surface area contributed by atoms with Crippen LogP contribution in [-0.4, -0.2) is 21.2 Å². The Kier molecular flexibility index (Phi) is 3.49. The highest BCUT2D eigenvalue weighted by molar-refractivity contribution is 7.94. The minimum Gasteiger partial charge on any atom is -0.243 e.